The Morgan fingerprint density at radius 3 is 2.63 bits per heavy atom. The van der Waals surface area contributed by atoms with Gasteiger partial charge in [-0.2, -0.15) is 4.73 Å². The van der Waals surface area contributed by atoms with Crippen LogP contribution in [0.2, 0.25) is 5.02 Å². The van der Waals surface area contributed by atoms with E-state index in [1.807, 2.05) is 0 Å². The third-order valence-electron chi connectivity index (χ3n) is 3.64. The molecule has 0 unspecified atom stereocenters. The van der Waals surface area contributed by atoms with Crippen molar-refractivity contribution in [3.8, 4) is 11.3 Å². The second kappa shape index (κ2) is 4.38. The molecule has 1 aromatic carbocycles. The van der Waals surface area contributed by atoms with Gasteiger partial charge in [-0.25, -0.2) is 0 Å². The Morgan fingerprint density at radius 2 is 1.95 bits per heavy atom. The number of halogens is 1. The van der Waals surface area contributed by atoms with Crippen molar-refractivity contribution >= 4 is 11.6 Å². The third-order valence-corrected chi connectivity index (χ3v) is 3.89. The Bertz CT molecular complexity index is 705. The number of benzene rings is 1. The maximum atomic E-state index is 12.5. The first-order chi connectivity index (χ1) is 9.09. The highest BCUT2D eigenvalue weighted by atomic mass is 35.5. The summed E-state index contributed by atoms with van der Waals surface area (Å²) in [6.07, 6.45) is 2.36. The van der Waals surface area contributed by atoms with Crippen molar-refractivity contribution in [2.75, 3.05) is 0 Å². The van der Waals surface area contributed by atoms with Gasteiger partial charge in [-0.15, -0.1) is 0 Å². The molecular formula is C14H14ClN2O2+. The van der Waals surface area contributed by atoms with Crippen LogP contribution < -0.4 is 4.43 Å². The normalized spacial score (nSPS) is 13.6. The van der Waals surface area contributed by atoms with Crippen molar-refractivity contribution in [1.82, 2.24) is 4.73 Å². The molecule has 1 aliphatic rings. The molecular weight excluding hydrogens is 264 g/mol. The van der Waals surface area contributed by atoms with Gasteiger partial charge in [0.05, 0.1) is 9.99 Å². The molecule has 0 saturated heterocycles. The molecule has 0 saturated carbocycles. The van der Waals surface area contributed by atoms with Gasteiger partial charge >= 0.3 is 0 Å². The van der Waals surface area contributed by atoms with Crippen LogP contribution in [0.3, 0.4) is 0 Å². The molecule has 1 N–H and O–H groups in total. The zero-order valence-corrected chi connectivity index (χ0v) is 11.3. The van der Waals surface area contributed by atoms with Crippen LogP contribution in [0.1, 0.15) is 23.5 Å². The van der Waals surface area contributed by atoms with Crippen molar-refractivity contribution in [3.63, 3.8) is 0 Å². The quantitative estimate of drug-likeness (QED) is 0.644. The minimum atomic E-state index is 0.486. The van der Waals surface area contributed by atoms with Gasteiger partial charge in [-0.3, -0.25) is 0 Å². The van der Waals surface area contributed by atoms with E-state index in [0.29, 0.717) is 28.5 Å². The van der Waals surface area contributed by atoms with E-state index in [1.165, 1.54) is 0 Å². The summed E-state index contributed by atoms with van der Waals surface area (Å²) in [7, 11) is 0. The number of nitrogens with zero attached hydrogens (tertiary/aromatic N) is 2. The molecule has 0 radical (unpaired) electrons. The summed E-state index contributed by atoms with van der Waals surface area (Å²) in [6.45, 7) is 1.75. The summed E-state index contributed by atoms with van der Waals surface area (Å²) < 4.78 is 2.11. The van der Waals surface area contributed by atoms with Gasteiger partial charge in [0.1, 0.15) is 11.4 Å². The van der Waals surface area contributed by atoms with E-state index >= 15 is 0 Å². The molecule has 19 heavy (non-hydrogen) atoms. The monoisotopic (exact) mass is 277 g/mol. The topological polar surface area (TPSA) is 48.1 Å². The minimum absolute atomic E-state index is 0.486. The summed E-state index contributed by atoms with van der Waals surface area (Å²) in [4.78, 5) is 12.5. The highest BCUT2D eigenvalue weighted by Crippen LogP contribution is 2.26. The van der Waals surface area contributed by atoms with Gasteiger partial charge < -0.3 is 5.21 Å². The van der Waals surface area contributed by atoms with Gasteiger partial charge in [0.25, 0.3) is 11.4 Å². The molecule has 3 rings (SSSR count). The Labute approximate surface area is 115 Å². The molecule has 98 valence electrons. The van der Waals surface area contributed by atoms with Gasteiger partial charge in [0, 0.05) is 16.4 Å². The summed E-state index contributed by atoms with van der Waals surface area (Å²) in [5.74, 6) is 0. The van der Waals surface area contributed by atoms with Crippen LogP contribution in [-0.4, -0.2) is 9.94 Å². The molecule has 4 nitrogen and oxygen atoms in total. The molecule has 0 amide bonds. The standard InChI is InChI=1S/C14H14ClN2O2/c1-9-14(10-5-7-11(15)8-6-10)17(19)13-4-2-3-12(13)16(9)18/h5-8,18H,2-4H2,1H3/q+1. The van der Waals surface area contributed by atoms with Gasteiger partial charge in [0.15, 0.2) is 0 Å². The Hall–Kier alpha value is -1.81. The van der Waals surface area contributed by atoms with E-state index in [0.717, 1.165) is 33.3 Å². The second-order valence-corrected chi connectivity index (χ2v) is 5.23. The fourth-order valence-corrected chi connectivity index (χ4v) is 2.80. The molecule has 0 fully saturated rings. The lowest BCUT2D eigenvalue weighted by atomic mass is 10.1. The predicted octanol–water partition coefficient (Wildman–Crippen LogP) is 2.76. The van der Waals surface area contributed by atoms with E-state index in [2.05, 4.69) is 0 Å². The molecule has 1 heterocycles. The zero-order valence-electron chi connectivity index (χ0n) is 10.6. The Balaban J connectivity index is 2.30. The van der Waals surface area contributed by atoms with Crippen LogP contribution in [0.25, 0.3) is 11.3 Å². The van der Waals surface area contributed by atoms with E-state index in [1.54, 1.807) is 31.2 Å². The van der Waals surface area contributed by atoms with E-state index < -0.39 is 0 Å². The van der Waals surface area contributed by atoms with Crippen molar-refractivity contribution in [2.45, 2.75) is 26.2 Å². The molecule has 0 aliphatic heterocycles. The van der Waals surface area contributed by atoms with Crippen LogP contribution in [-0.2, 0) is 12.8 Å². The van der Waals surface area contributed by atoms with Crippen LogP contribution in [0.5, 0.6) is 0 Å². The molecule has 0 spiro atoms. The molecule has 2 aromatic rings. The van der Waals surface area contributed by atoms with Crippen molar-refractivity contribution in [1.29, 1.82) is 0 Å². The lowest BCUT2D eigenvalue weighted by Crippen LogP contribution is -2.29. The summed E-state index contributed by atoms with van der Waals surface area (Å²) >= 11 is 5.86. The van der Waals surface area contributed by atoms with Gasteiger partial charge in [-0.05, 0) is 44.0 Å². The van der Waals surface area contributed by atoms with Gasteiger partial charge in [-0.1, -0.05) is 11.6 Å². The number of hydrogen-bond donors (Lipinski definition) is 1. The average molecular weight is 278 g/mol. The van der Waals surface area contributed by atoms with E-state index in [-0.39, 0.29) is 0 Å². The minimum Gasteiger partial charge on any atom is -0.428 e. The van der Waals surface area contributed by atoms with Crippen LogP contribution >= 0.6 is 11.6 Å². The first kappa shape index (κ1) is 12.2. The Morgan fingerprint density at radius 1 is 1.26 bits per heavy atom. The number of aromatic nitrogens is 2. The first-order valence-corrected chi connectivity index (χ1v) is 6.62. The fraction of sp³-hybridized carbons (Fsp3) is 0.286. The maximum Gasteiger partial charge on any atom is 0.292 e. The Kier molecular flexibility index (Phi) is 2.82. The third kappa shape index (κ3) is 1.83. The van der Waals surface area contributed by atoms with E-state index in [9.17, 15) is 10.1 Å². The molecule has 1 aromatic heterocycles. The van der Waals surface area contributed by atoms with Gasteiger partial charge in [0.2, 0.25) is 0 Å². The predicted molar refractivity (Wildman–Crippen MR) is 72.2 cm³/mol. The number of fused-ring (bicyclic) bond motifs is 1. The fourth-order valence-electron chi connectivity index (χ4n) is 2.68. The van der Waals surface area contributed by atoms with E-state index in [4.69, 9.17) is 11.6 Å². The maximum absolute atomic E-state index is 12.5. The zero-order chi connectivity index (χ0) is 13.6. The average Bonchev–Trinajstić information content (AvgIpc) is 2.88. The van der Waals surface area contributed by atoms with Crippen LogP contribution in [0.15, 0.2) is 24.3 Å². The summed E-state index contributed by atoms with van der Waals surface area (Å²) in [5, 5.41) is 10.8. The molecule has 5 heteroatoms. The smallest absolute Gasteiger partial charge is 0.292 e. The highest BCUT2D eigenvalue weighted by molar-refractivity contribution is 6.30. The second-order valence-electron chi connectivity index (χ2n) is 4.79. The highest BCUT2D eigenvalue weighted by Gasteiger charge is 2.31. The lowest BCUT2D eigenvalue weighted by molar-refractivity contribution is -0.494. The SMILES string of the molecule is Cc1c(-c2ccc(Cl)cc2)[n+](=O)c2c(n1O)CCC2. The first-order valence-electron chi connectivity index (χ1n) is 6.24. The van der Waals surface area contributed by atoms with Crippen molar-refractivity contribution < 1.29 is 9.63 Å². The lowest BCUT2D eigenvalue weighted by Gasteiger charge is -2.07. The van der Waals surface area contributed by atoms with Crippen molar-refractivity contribution in [3.05, 3.63) is 51.3 Å². The number of rotatable bonds is 1. The van der Waals surface area contributed by atoms with Crippen LogP contribution in [0.4, 0.5) is 0 Å². The number of hydrogen-bond acceptors (Lipinski definition) is 2. The molecule has 1 aliphatic carbocycles. The van der Waals surface area contributed by atoms with Crippen LogP contribution in [0, 0.1) is 11.8 Å². The van der Waals surface area contributed by atoms with Crippen molar-refractivity contribution in [2.24, 2.45) is 0 Å². The molecule has 0 bridgehead atoms. The summed E-state index contributed by atoms with van der Waals surface area (Å²) in [6, 6.07) is 7.07. The molecule has 0 atom stereocenters. The summed E-state index contributed by atoms with van der Waals surface area (Å²) in [5.41, 5.74) is 3.19. The largest absolute Gasteiger partial charge is 0.428 e.